The van der Waals surface area contributed by atoms with Crippen LogP contribution in [0.25, 0.3) is 111 Å². The SMILES string of the molecule is c1ccc(-c2cc(-c3ccccc3)nc(-c3cccc(-n4c5ccccc5c5c4ccc4c6cc7oc8ccccc8c7cc6n(-c6ccccc6)c45)c3)n2)cc1. The number of rotatable bonds is 5. The third kappa shape index (κ3) is 4.89. The molecular weight excluding hydrogens is 697 g/mol. The van der Waals surface area contributed by atoms with Crippen LogP contribution in [0.5, 0.6) is 0 Å². The Kier molecular flexibility index (Phi) is 6.86. The van der Waals surface area contributed by atoms with E-state index in [4.69, 9.17) is 14.4 Å². The lowest BCUT2D eigenvalue weighted by Crippen LogP contribution is -1.98. The van der Waals surface area contributed by atoms with Crippen molar-refractivity contribution in [3.63, 3.8) is 0 Å². The van der Waals surface area contributed by atoms with Gasteiger partial charge in [-0.15, -0.1) is 0 Å². The molecule has 0 atom stereocenters. The topological polar surface area (TPSA) is 48.8 Å². The first-order chi connectivity index (χ1) is 28.3. The van der Waals surface area contributed by atoms with Crippen LogP contribution < -0.4 is 0 Å². The summed E-state index contributed by atoms with van der Waals surface area (Å²) in [5.74, 6) is 0.682. The molecule has 0 aliphatic rings. The Bertz CT molecular complexity index is 3450. The van der Waals surface area contributed by atoms with Crippen LogP contribution in [0.15, 0.2) is 199 Å². The maximum Gasteiger partial charge on any atom is 0.160 e. The molecule has 8 aromatic carbocycles. The quantitative estimate of drug-likeness (QED) is 0.177. The number of nitrogens with zero attached hydrogens (tertiary/aromatic N) is 4. The van der Waals surface area contributed by atoms with E-state index in [1.54, 1.807) is 0 Å². The van der Waals surface area contributed by atoms with E-state index < -0.39 is 0 Å². The molecule has 12 rings (SSSR count). The van der Waals surface area contributed by atoms with Gasteiger partial charge in [-0.1, -0.05) is 133 Å². The smallest absolute Gasteiger partial charge is 0.160 e. The highest BCUT2D eigenvalue weighted by atomic mass is 16.3. The molecule has 0 spiro atoms. The fourth-order valence-electron chi connectivity index (χ4n) is 8.77. The third-order valence-corrected chi connectivity index (χ3v) is 11.3. The Morgan fingerprint density at radius 2 is 0.982 bits per heavy atom. The molecule has 0 aliphatic carbocycles. The summed E-state index contributed by atoms with van der Waals surface area (Å²) >= 11 is 0. The molecule has 0 aliphatic heterocycles. The number of para-hydroxylation sites is 3. The molecule has 0 N–H and O–H groups in total. The Labute approximate surface area is 327 Å². The fraction of sp³-hybridized carbons (Fsp3) is 0. The Hall–Kier alpha value is -7.76. The highest BCUT2D eigenvalue weighted by Gasteiger charge is 2.23. The van der Waals surface area contributed by atoms with Crippen LogP contribution in [0.3, 0.4) is 0 Å². The van der Waals surface area contributed by atoms with Gasteiger partial charge in [0.15, 0.2) is 5.82 Å². The van der Waals surface area contributed by atoms with E-state index in [0.29, 0.717) is 5.82 Å². The molecule has 266 valence electrons. The summed E-state index contributed by atoms with van der Waals surface area (Å²) in [5, 5.41) is 6.96. The van der Waals surface area contributed by atoms with E-state index in [2.05, 4.69) is 179 Å². The van der Waals surface area contributed by atoms with Crippen molar-refractivity contribution >= 4 is 65.6 Å². The monoisotopic (exact) mass is 728 g/mol. The predicted molar refractivity (Wildman–Crippen MR) is 234 cm³/mol. The van der Waals surface area contributed by atoms with Crippen LogP contribution in [-0.4, -0.2) is 19.1 Å². The minimum absolute atomic E-state index is 0.682. The van der Waals surface area contributed by atoms with Crippen molar-refractivity contribution in [3.05, 3.63) is 194 Å². The fourth-order valence-corrected chi connectivity index (χ4v) is 8.77. The third-order valence-electron chi connectivity index (χ3n) is 11.3. The second-order valence-electron chi connectivity index (χ2n) is 14.6. The Morgan fingerprint density at radius 3 is 1.74 bits per heavy atom. The normalized spacial score (nSPS) is 11.9. The van der Waals surface area contributed by atoms with Crippen molar-refractivity contribution in [2.75, 3.05) is 0 Å². The summed E-state index contributed by atoms with van der Waals surface area (Å²) in [5.41, 5.74) is 13.3. The maximum absolute atomic E-state index is 6.43. The van der Waals surface area contributed by atoms with Gasteiger partial charge >= 0.3 is 0 Å². The molecule has 0 fully saturated rings. The zero-order valence-electron chi connectivity index (χ0n) is 30.7. The van der Waals surface area contributed by atoms with Crippen molar-refractivity contribution in [3.8, 4) is 45.3 Å². The molecule has 5 nitrogen and oxygen atoms in total. The molecule has 0 amide bonds. The van der Waals surface area contributed by atoms with Crippen molar-refractivity contribution in [1.82, 2.24) is 19.1 Å². The van der Waals surface area contributed by atoms with Crippen LogP contribution in [0.4, 0.5) is 0 Å². The van der Waals surface area contributed by atoms with E-state index in [0.717, 1.165) is 83.3 Å². The Balaban J connectivity index is 1.13. The van der Waals surface area contributed by atoms with Gasteiger partial charge in [-0.2, -0.15) is 0 Å². The lowest BCUT2D eigenvalue weighted by molar-refractivity contribution is 0.669. The van der Waals surface area contributed by atoms with Gasteiger partial charge in [0.2, 0.25) is 0 Å². The minimum atomic E-state index is 0.682. The molecule has 57 heavy (non-hydrogen) atoms. The van der Waals surface area contributed by atoms with E-state index in [-0.39, 0.29) is 0 Å². The molecule has 4 aromatic heterocycles. The second-order valence-corrected chi connectivity index (χ2v) is 14.6. The van der Waals surface area contributed by atoms with Crippen LogP contribution in [0.2, 0.25) is 0 Å². The molecule has 0 unspecified atom stereocenters. The van der Waals surface area contributed by atoms with Gasteiger partial charge in [0.05, 0.1) is 33.5 Å². The van der Waals surface area contributed by atoms with Crippen LogP contribution in [0.1, 0.15) is 0 Å². The molecule has 4 heterocycles. The van der Waals surface area contributed by atoms with E-state index in [1.807, 2.05) is 24.3 Å². The molecule has 0 saturated carbocycles. The van der Waals surface area contributed by atoms with Gasteiger partial charge in [0.1, 0.15) is 11.2 Å². The number of benzene rings is 8. The largest absolute Gasteiger partial charge is 0.456 e. The Morgan fingerprint density at radius 1 is 0.351 bits per heavy atom. The summed E-state index contributed by atoms with van der Waals surface area (Å²) in [6, 6.07) is 68.3. The zero-order chi connectivity index (χ0) is 37.5. The average molecular weight is 729 g/mol. The molecule has 0 saturated heterocycles. The van der Waals surface area contributed by atoms with Gasteiger partial charge in [-0.25, -0.2) is 9.97 Å². The highest BCUT2D eigenvalue weighted by molar-refractivity contribution is 6.27. The standard InChI is InChI=1S/C52H32N4O/c1-4-15-33(16-5-1)43-32-44(34-17-6-2-7-18-34)54-52(53-43)35-19-14-22-37(29-35)55-45-25-12-10-24-40(45)50-46(55)28-27-39-41-31-49-42(38-23-11-13-26-48(38)57-49)30-47(41)56(51(39)50)36-20-8-3-9-21-36/h1-32H. The average Bonchev–Trinajstić information content (AvgIpc) is 3.93. The van der Waals surface area contributed by atoms with Gasteiger partial charge in [-0.05, 0) is 60.7 Å². The van der Waals surface area contributed by atoms with E-state index in [1.165, 1.54) is 21.7 Å². The molecule has 0 radical (unpaired) electrons. The molecule has 5 heteroatoms. The highest BCUT2D eigenvalue weighted by Crippen LogP contribution is 2.44. The lowest BCUT2D eigenvalue weighted by Gasteiger charge is -2.12. The van der Waals surface area contributed by atoms with E-state index >= 15 is 0 Å². The lowest BCUT2D eigenvalue weighted by atomic mass is 10.1. The van der Waals surface area contributed by atoms with Gasteiger partial charge in [0, 0.05) is 60.4 Å². The first kappa shape index (κ1) is 31.6. The van der Waals surface area contributed by atoms with Gasteiger partial charge in [-0.3, -0.25) is 0 Å². The van der Waals surface area contributed by atoms with Crippen LogP contribution in [0, 0.1) is 0 Å². The van der Waals surface area contributed by atoms with Crippen molar-refractivity contribution in [1.29, 1.82) is 0 Å². The first-order valence-electron chi connectivity index (χ1n) is 19.2. The van der Waals surface area contributed by atoms with Gasteiger partial charge < -0.3 is 13.6 Å². The number of hydrogen-bond donors (Lipinski definition) is 0. The van der Waals surface area contributed by atoms with Gasteiger partial charge in [0.25, 0.3) is 0 Å². The first-order valence-corrected chi connectivity index (χ1v) is 19.2. The van der Waals surface area contributed by atoms with Crippen molar-refractivity contribution in [2.45, 2.75) is 0 Å². The molecule has 0 bridgehead atoms. The number of furan rings is 1. The van der Waals surface area contributed by atoms with Crippen molar-refractivity contribution in [2.24, 2.45) is 0 Å². The zero-order valence-corrected chi connectivity index (χ0v) is 30.7. The summed E-state index contributed by atoms with van der Waals surface area (Å²) in [6.07, 6.45) is 0. The number of hydrogen-bond acceptors (Lipinski definition) is 3. The predicted octanol–water partition coefficient (Wildman–Crippen LogP) is 13.6. The summed E-state index contributed by atoms with van der Waals surface area (Å²) in [6.45, 7) is 0. The van der Waals surface area contributed by atoms with Crippen molar-refractivity contribution < 1.29 is 4.42 Å². The maximum atomic E-state index is 6.43. The second kappa shape index (κ2) is 12.4. The number of aromatic nitrogens is 4. The van der Waals surface area contributed by atoms with Crippen LogP contribution >= 0.6 is 0 Å². The number of fused-ring (bicyclic) bond motifs is 10. The summed E-state index contributed by atoms with van der Waals surface area (Å²) < 4.78 is 11.3. The van der Waals surface area contributed by atoms with E-state index in [9.17, 15) is 0 Å². The summed E-state index contributed by atoms with van der Waals surface area (Å²) in [7, 11) is 0. The minimum Gasteiger partial charge on any atom is -0.456 e. The van der Waals surface area contributed by atoms with Crippen LogP contribution in [-0.2, 0) is 0 Å². The summed E-state index contributed by atoms with van der Waals surface area (Å²) in [4.78, 5) is 10.3. The molecule has 12 aromatic rings. The molecular formula is C52H32N4O.